The number of anilines is 1. The molecule has 1 aliphatic carbocycles. The lowest BCUT2D eigenvalue weighted by atomic mass is 9.98. The predicted octanol–water partition coefficient (Wildman–Crippen LogP) is 2.68. The Morgan fingerprint density at radius 1 is 1.42 bits per heavy atom. The third kappa shape index (κ3) is 3.69. The van der Waals surface area contributed by atoms with Crippen molar-refractivity contribution in [1.29, 1.82) is 0 Å². The van der Waals surface area contributed by atoms with Crippen LogP contribution < -0.4 is 10.6 Å². The van der Waals surface area contributed by atoms with Gasteiger partial charge in [-0.25, -0.2) is 4.98 Å². The van der Waals surface area contributed by atoms with Crippen molar-refractivity contribution in [2.24, 2.45) is 11.8 Å². The highest BCUT2D eigenvalue weighted by atomic mass is 16.1. The molecule has 2 atom stereocenters. The lowest BCUT2D eigenvalue weighted by Crippen LogP contribution is -2.30. The maximum absolute atomic E-state index is 12.1. The normalized spacial score (nSPS) is 22.2. The summed E-state index contributed by atoms with van der Waals surface area (Å²) in [6, 6.07) is 5.49. The molecule has 0 radical (unpaired) electrons. The van der Waals surface area contributed by atoms with Gasteiger partial charge in [0.25, 0.3) is 5.91 Å². The van der Waals surface area contributed by atoms with Gasteiger partial charge < -0.3 is 10.6 Å². The minimum Gasteiger partial charge on any atom is -0.370 e. The minimum atomic E-state index is -0.0705. The molecular weight excluding hydrogens is 238 g/mol. The molecule has 2 N–H and O–H groups in total. The van der Waals surface area contributed by atoms with Gasteiger partial charge in [-0.2, -0.15) is 0 Å². The van der Waals surface area contributed by atoms with Crippen LogP contribution in [-0.2, 0) is 0 Å². The summed E-state index contributed by atoms with van der Waals surface area (Å²) >= 11 is 0. The van der Waals surface area contributed by atoms with E-state index >= 15 is 0 Å². The number of rotatable bonds is 5. The Kier molecular flexibility index (Phi) is 4.77. The zero-order valence-corrected chi connectivity index (χ0v) is 11.8. The standard InChI is InChI=1S/C15H23N3O/c1-3-16-14-9-5-8-13(18-14)15(19)17-10-12-7-4-6-11(12)2/h5,8-9,11-12H,3-4,6-7,10H2,1-2H3,(H,16,18)(H,17,19). The van der Waals surface area contributed by atoms with E-state index in [1.54, 1.807) is 6.07 Å². The lowest BCUT2D eigenvalue weighted by Gasteiger charge is -2.15. The summed E-state index contributed by atoms with van der Waals surface area (Å²) in [5, 5.41) is 6.13. The fourth-order valence-corrected chi connectivity index (χ4v) is 2.68. The fraction of sp³-hybridized carbons (Fsp3) is 0.600. The predicted molar refractivity (Wildman–Crippen MR) is 77.2 cm³/mol. The molecule has 1 heterocycles. The van der Waals surface area contributed by atoms with Gasteiger partial charge in [-0.05, 0) is 37.3 Å². The van der Waals surface area contributed by atoms with Gasteiger partial charge in [-0.3, -0.25) is 4.79 Å². The van der Waals surface area contributed by atoms with E-state index in [9.17, 15) is 4.79 Å². The van der Waals surface area contributed by atoms with Crippen LogP contribution in [0.2, 0.25) is 0 Å². The van der Waals surface area contributed by atoms with Crippen molar-refractivity contribution in [3.8, 4) is 0 Å². The number of carbonyl (C=O) groups is 1. The van der Waals surface area contributed by atoms with Gasteiger partial charge in [0.05, 0.1) is 0 Å². The van der Waals surface area contributed by atoms with Gasteiger partial charge in [-0.1, -0.05) is 25.8 Å². The molecule has 19 heavy (non-hydrogen) atoms. The number of amides is 1. The molecule has 4 nitrogen and oxygen atoms in total. The second-order valence-corrected chi connectivity index (χ2v) is 5.32. The third-order valence-electron chi connectivity index (χ3n) is 3.90. The number of nitrogens with one attached hydrogen (secondary N) is 2. The van der Waals surface area contributed by atoms with Crippen molar-refractivity contribution in [2.45, 2.75) is 33.1 Å². The molecule has 1 aromatic heterocycles. The van der Waals surface area contributed by atoms with E-state index in [4.69, 9.17) is 0 Å². The number of carbonyl (C=O) groups excluding carboxylic acids is 1. The van der Waals surface area contributed by atoms with E-state index < -0.39 is 0 Å². The summed E-state index contributed by atoms with van der Waals surface area (Å²) in [6.45, 7) is 5.86. The van der Waals surface area contributed by atoms with Crippen LogP contribution in [-0.4, -0.2) is 24.0 Å². The average Bonchev–Trinajstić information content (AvgIpc) is 2.82. The Labute approximate surface area is 115 Å². The molecule has 0 spiro atoms. The molecule has 0 aliphatic heterocycles. The van der Waals surface area contributed by atoms with Gasteiger partial charge in [0, 0.05) is 13.1 Å². The molecule has 1 saturated carbocycles. The van der Waals surface area contributed by atoms with E-state index in [1.807, 2.05) is 19.1 Å². The number of pyridine rings is 1. The highest BCUT2D eigenvalue weighted by molar-refractivity contribution is 5.92. The Hall–Kier alpha value is -1.58. The number of nitrogens with zero attached hydrogens (tertiary/aromatic N) is 1. The Morgan fingerprint density at radius 2 is 2.26 bits per heavy atom. The highest BCUT2D eigenvalue weighted by Crippen LogP contribution is 2.30. The monoisotopic (exact) mass is 261 g/mol. The summed E-state index contributed by atoms with van der Waals surface area (Å²) in [6.07, 6.45) is 3.80. The largest absolute Gasteiger partial charge is 0.370 e. The van der Waals surface area contributed by atoms with Gasteiger partial charge in [0.1, 0.15) is 11.5 Å². The maximum Gasteiger partial charge on any atom is 0.269 e. The second kappa shape index (κ2) is 6.55. The van der Waals surface area contributed by atoms with Crippen LogP contribution in [0.1, 0.15) is 43.6 Å². The van der Waals surface area contributed by atoms with Crippen LogP contribution in [0.15, 0.2) is 18.2 Å². The van der Waals surface area contributed by atoms with Crippen molar-refractivity contribution >= 4 is 11.7 Å². The first-order valence-corrected chi connectivity index (χ1v) is 7.19. The molecule has 0 aromatic carbocycles. The SMILES string of the molecule is CCNc1cccc(C(=O)NCC2CCCC2C)n1. The van der Waals surface area contributed by atoms with Crippen molar-refractivity contribution in [3.05, 3.63) is 23.9 Å². The van der Waals surface area contributed by atoms with E-state index in [0.717, 1.165) is 24.8 Å². The van der Waals surface area contributed by atoms with Crippen molar-refractivity contribution in [3.63, 3.8) is 0 Å². The van der Waals surface area contributed by atoms with Crippen molar-refractivity contribution in [2.75, 3.05) is 18.4 Å². The maximum atomic E-state index is 12.1. The summed E-state index contributed by atoms with van der Waals surface area (Å²) < 4.78 is 0. The third-order valence-corrected chi connectivity index (χ3v) is 3.90. The first kappa shape index (κ1) is 13.8. The van der Waals surface area contributed by atoms with Crippen LogP contribution in [0.3, 0.4) is 0 Å². The van der Waals surface area contributed by atoms with Crippen LogP contribution in [0.5, 0.6) is 0 Å². The first-order valence-electron chi connectivity index (χ1n) is 7.19. The van der Waals surface area contributed by atoms with Crippen LogP contribution in [0.4, 0.5) is 5.82 Å². The molecule has 2 unspecified atom stereocenters. The summed E-state index contributed by atoms with van der Waals surface area (Å²) in [7, 11) is 0. The van der Waals surface area contributed by atoms with Crippen LogP contribution in [0, 0.1) is 11.8 Å². The highest BCUT2D eigenvalue weighted by Gasteiger charge is 2.23. The Balaban J connectivity index is 1.90. The zero-order chi connectivity index (χ0) is 13.7. The Morgan fingerprint density at radius 3 is 2.95 bits per heavy atom. The molecule has 0 saturated heterocycles. The Bertz CT molecular complexity index is 433. The average molecular weight is 261 g/mol. The molecular formula is C15H23N3O. The number of aromatic nitrogens is 1. The molecule has 1 aromatic rings. The van der Waals surface area contributed by atoms with Gasteiger partial charge in [-0.15, -0.1) is 0 Å². The zero-order valence-electron chi connectivity index (χ0n) is 11.8. The summed E-state index contributed by atoms with van der Waals surface area (Å²) in [5.41, 5.74) is 0.490. The van der Waals surface area contributed by atoms with Crippen LogP contribution in [0.25, 0.3) is 0 Å². The van der Waals surface area contributed by atoms with Gasteiger partial charge in [0.2, 0.25) is 0 Å². The van der Waals surface area contributed by atoms with Crippen LogP contribution >= 0.6 is 0 Å². The van der Waals surface area contributed by atoms with Gasteiger partial charge in [0.15, 0.2) is 0 Å². The topological polar surface area (TPSA) is 54.0 Å². The molecule has 104 valence electrons. The molecule has 2 rings (SSSR count). The van der Waals surface area contributed by atoms with E-state index in [2.05, 4.69) is 22.5 Å². The quantitative estimate of drug-likeness (QED) is 0.857. The molecule has 0 bridgehead atoms. The number of hydrogen-bond donors (Lipinski definition) is 2. The smallest absolute Gasteiger partial charge is 0.269 e. The fourth-order valence-electron chi connectivity index (χ4n) is 2.68. The second-order valence-electron chi connectivity index (χ2n) is 5.32. The van der Waals surface area contributed by atoms with E-state index in [-0.39, 0.29) is 5.91 Å². The molecule has 1 amide bonds. The lowest BCUT2D eigenvalue weighted by molar-refractivity contribution is 0.0939. The molecule has 1 fully saturated rings. The summed E-state index contributed by atoms with van der Waals surface area (Å²) in [4.78, 5) is 16.4. The molecule has 1 aliphatic rings. The first-order chi connectivity index (χ1) is 9.20. The van der Waals surface area contributed by atoms with E-state index in [1.165, 1.54) is 19.3 Å². The van der Waals surface area contributed by atoms with Crippen molar-refractivity contribution < 1.29 is 4.79 Å². The minimum absolute atomic E-state index is 0.0705. The molecule has 4 heteroatoms. The van der Waals surface area contributed by atoms with Gasteiger partial charge >= 0.3 is 0 Å². The number of hydrogen-bond acceptors (Lipinski definition) is 3. The summed E-state index contributed by atoms with van der Waals surface area (Å²) in [5.74, 6) is 2.03. The van der Waals surface area contributed by atoms with E-state index in [0.29, 0.717) is 11.6 Å². The van der Waals surface area contributed by atoms with Crippen molar-refractivity contribution in [1.82, 2.24) is 10.3 Å².